The van der Waals surface area contributed by atoms with Crippen molar-refractivity contribution in [1.82, 2.24) is 29.0 Å². The third-order valence-corrected chi connectivity index (χ3v) is 8.21. The Labute approximate surface area is 210 Å². The van der Waals surface area contributed by atoms with Crippen LogP contribution in [0.5, 0.6) is 0 Å². The summed E-state index contributed by atoms with van der Waals surface area (Å²) >= 11 is 1.39. The molecule has 2 fully saturated rings. The van der Waals surface area contributed by atoms with Gasteiger partial charge >= 0.3 is 0 Å². The van der Waals surface area contributed by atoms with Gasteiger partial charge in [0.1, 0.15) is 0 Å². The SMILES string of the molecule is C=CCn1c(=O)c2ccccc2n2c(SCC(=O)N3CCCN(CC4CCCCC4)CC3)nnc12. The van der Waals surface area contributed by atoms with Gasteiger partial charge in [0.15, 0.2) is 5.16 Å². The van der Waals surface area contributed by atoms with Crippen LogP contribution in [0.25, 0.3) is 16.7 Å². The molecule has 3 heterocycles. The van der Waals surface area contributed by atoms with Gasteiger partial charge in [-0.1, -0.05) is 49.2 Å². The van der Waals surface area contributed by atoms with Crippen molar-refractivity contribution in [3.8, 4) is 0 Å². The first kappa shape index (κ1) is 24.1. The van der Waals surface area contributed by atoms with Crippen molar-refractivity contribution in [2.45, 2.75) is 50.2 Å². The molecule has 1 saturated carbocycles. The number of carbonyl (C=O) groups excluding carboxylic acids is 1. The van der Waals surface area contributed by atoms with E-state index >= 15 is 0 Å². The standard InChI is InChI=1S/C26H34N6O2S/c1-2-13-31-24(34)21-11-6-7-12-22(21)32-25(31)27-28-26(32)35-19-23(33)30-15-8-14-29(16-17-30)18-20-9-4-3-5-10-20/h2,6-7,11-12,20H,1,3-5,8-10,13-19H2. The van der Waals surface area contributed by atoms with Crippen LogP contribution in [0.2, 0.25) is 0 Å². The van der Waals surface area contributed by atoms with E-state index in [1.807, 2.05) is 33.6 Å². The minimum Gasteiger partial charge on any atom is -0.341 e. The van der Waals surface area contributed by atoms with Crippen molar-refractivity contribution < 1.29 is 4.79 Å². The van der Waals surface area contributed by atoms with Gasteiger partial charge in [0, 0.05) is 32.7 Å². The molecule has 2 aliphatic rings. The fourth-order valence-corrected chi connectivity index (χ4v) is 6.32. The van der Waals surface area contributed by atoms with Crippen LogP contribution in [0.3, 0.4) is 0 Å². The van der Waals surface area contributed by atoms with Gasteiger partial charge in [-0.25, -0.2) is 0 Å². The summed E-state index contributed by atoms with van der Waals surface area (Å²) in [7, 11) is 0. The van der Waals surface area contributed by atoms with E-state index in [0.717, 1.165) is 44.0 Å². The Bertz CT molecular complexity index is 1260. The summed E-state index contributed by atoms with van der Waals surface area (Å²) in [5.74, 6) is 1.74. The molecule has 0 atom stereocenters. The molecule has 186 valence electrons. The van der Waals surface area contributed by atoms with Gasteiger partial charge < -0.3 is 9.80 Å². The highest BCUT2D eigenvalue weighted by atomic mass is 32.2. The van der Waals surface area contributed by atoms with E-state index in [1.54, 1.807) is 10.6 Å². The van der Waals surface area contributed by atoms with E-state index in [4.69, 9.17) is 0 Å². The minimum atomic E-state index is -0.115. The van der Waals surface area contributed by atoms with Crippen molar-refractivity contribution in [2.75, 3.05) is 38.5 Å². The maximum absolute atomic E-state index is 13.1. The lowest BCUT2D eigenvalue weighted by Crippen LogP contribution is -2.37. The summed E-state index contributed by atoms with van der Waals surface area (Å²) in [5.41, 5.74) is 0.635. The Balaban J connectivity index is 1.27. The van der Waals surface area contributed by atoms with Gasteiger partial charge in [-0.2, -0.15) is 0 Å². The zero-order chi connectivity index (χ0) is 24.2. The molecule has 9 heteroatoms. The van der Waals surface area contributed by atoms with Gasteiger partial charge in [-0.15, -0.1) is 16.8 Å². The summed E-state index contributed by atoms with van der Waals surface area (Å²) in [4.78, 5) is 30.7. The largest absolute Gasteiger partial charge is 0.341 e. The van der Waals surface area contributed by atoms with Gasteiger partial charge in [-0.3, -0.25) is 18.6 Å². The highest BCUT2D eigenvalue weighted by Crippen LogP contribution is 2.25. The molecule has 0 spiro atoms. The number of amides is 1. The highest BCUT2D eigenvalue weighted by Gasteiger charge is 2.23. The summed E-state index contributed by atoms with van der Waals surface area (Å²) in [6.07, 6.45) is 9.55. The fraction of sp³-hybridized carbons (Fsp3) is 0.538. The van der Waals surface area contributed by atoms with E-state index in [9.17, 15) is 9.59 Å². The van der Waals surface area contributed by atoms with Crippen molar-refractivity contribution in [2.24, 2.45) is 5.92 Å². The number of benzene rings is 1. The maximum atomic E-state index is 13.1. The molecule has 5 rings (SSSR count). The second kappa shape index (κ2) is 11.0. The lowest BCUT2D eigenvalue weighted by molar-refractivity contribution is -0.128. The number of hydrogen-bond donors (Lipinski definition) is 0. The van der Waals surface area contributed by atoms with E-state index in [0.29, 0.717) is 28.6 Å². The molecule has 1 amide bonds. The number of thioether (sulfide) groups is 1. The summed E-state index contributed by atoms with van der Waals surface area (Å²) in [5, 5.41) is 9.86. The van der Waals surface area contributed by atoms with E-state index < -0.39 is 0 Å². The second-order valence-electron chi connectivity index (χ2n) is 9.67. The topological polar surface area (TPSA) is 75.7 Å². The smallest absolute Gasteiger partial charge is 0.263 e. The first-order valence-electron chi connectivity index (χ1n) is 12.8. The zero-order valence-electron chi connectivity index (χ0n) is 20.3. The normalized spacial score (nSPS) is 18.2. The molecule has 1 aliphatic carbocycles. The number of fused-ring (bicyclic) bond motifs is 3. The van der Waals surface area contributed by atoms with Crippen LogP contribution in [0.4, 0.5) is 0 Å². The molecule has 3 aromatic rings. The Morgan fingerprint density at radius 3 is 2.71 bits per heavy atom. The molecule has 0 bridgehead atoms. The minimum absolute atomic E-state index is 0.115. The number of para-hydroxylation sites is 1. The summed E-state index contributed by atoms with van der Waals surface area (Å²) in [6, 6.07) is 7.46. The maximum Gasteiger partial charge on any atom is 0.263 e. The van der Waals surface area contributed by atoms with Crippen molar-refractivity contribution in [3.05, 3.63) is 47.3 Å². The number of allylic oxidation sites excluding steroid dienone is 1. The number of carbonyl (C=O) groups is 1. The van der Waals surface area contributed by atoms with Gasteiger partial charge in [-0.05, 0) is 43.9 Å². The highest BCUT2D eigenvalue weighted by molar-refractivity contribution is 7.99. The molecule has 0 N–H and O–H groups in total. The first-order chi connectivity index (χ1) is 17.2. The van der Waals surface area contributed by atoms with Crippen LogP contribution in [0.15, 0.2) is 46.9 Å². The Morgan fingerprint density at radius 1 is 1.06 bits per heavy atom. The predicted octanol–water partition coefficient (Wildman–Crippen LogP) is 3.44. The molecule has 1 aromatic carbocycles. The van der Waals surface area contributed by atoms with E-state index in [2.05, 4.69) is 21.7 Å². The quantitative estimate of drug-likeness (QED) is 0.370. The van der Waals surface area contributed by atoms with Crippen LogP contribution in [-0.4, -0.2) is 73.3 Å². The molecule has 0 radical (unpaired) electrons. The lowest BCUT2D eigenvalue weighted by Gasteiger charge is -2.28. The molecule has 2 aromatic heterocycles. The van der Waals surface area contributed by atoms with Crippen molar-refractivity contribution >= 4 is 34.3 Å². The monoisotopic (exact) mass is 494 g/mol. The number of aromatic nitrogens is 4. The summed E-state index contributed by atoms with van der Waals surface area (Å²) < 4.78 is 3.45. The van der Waals surface area contributed by atoms with E-state index in [-0.39, 0.29) is 11.5 Å². The van der Waals surface area contributed by atoms with Gasteiger partial charge in [0.2, 0.25) is 11.7 Å². The van der Waals surface area contributed by atoms with Crippen molar-refractivity contribution in [1.29, 1.82) is 0 Å². The summed E-state index contributed by atoms with van der Waals surface area (Å²) in [6.45, 7) is 8.93. The Kier molecular flexibility index (Phi) is 7.53. The van der Waals surface area contributed by atoms with Crippen LogP contribution >= 0.6 is 11.8 Å². The molecule has 1 aliphatic heterocycles. The average Bonchev–Trinajstić information content (AvgIpc) is 3.17. The molecule has 1 saturated heterocycles. The lowest BCUT2D eigenvalue weighted by atomic mass is 9.89. The molecular weight excluding hydrogens is 460 g/mol. The van der Waals surface area contributed by atoms with Gasteiger partial charge in [0.25, 0.3) is 5.56 Å². The fourth-order valence-electron chi connectivity index (χ4n) is 5.48. The zero-order valence-corrected chi connectivity index (χ0v) is 21.1. The Hall–Kier alpha value is -2.65. The molecular formula is C26H34N6O2S. The predicted molar refractivity (Wildman–Crippen MR) is 140 cm³/mol. The van der Waals surface area contributed by atoms with Crippen molar-refractivity contribution in [3.63, 3.8) is 0 Å². The van der Waals surface area contributed by atoms with Crippen LogP contribution in [0, 0.1) is 5.92 Å². The third kappa shape index (κ3) is 5.16. The number of nitrogens with zero attached hydrogens (tertiary/aromatic N) is 6. The first-order valence-corrected chi connectivity index (χ1v) is 13.7. The average molecular weight is 495 g/mol. The Morgan fingerprint density at radius 2 is 1.89 bits per heavy atom. The van der Waals surface area contributed by atoms with Crippen LogP contribution < -0.4 is 5.56 Å². The van der Waals surface area contributed by atoms with E-state index in [1.165, 1.54) is 50.4 Å². The number of rotatable bonds is 7. The second-order valence-corrected chi connectivity index (χ2v) is 10.6. The molecule has 0 unspecified atom stereocenters. The third-order valence-electron chi connectivity index (χ3n) is 7.30. The van der Waals surface area contributed by atoms with Crippen LogP contribution in [0.1, 0.15) is 38.5 Å². The number of hydrogen-bond acceptors (Lipinski definition) is 6. The molecule has 35 heavy (non-hydrogen) atoms. The molecule has 8 nitrogen and oxygen atoms in total. The van der Waals surface area contributed by atoms with Gasteiger partial charge in [0.05, 0.1) is 16.7 Å². The van der Waals surface area contributed by atoms with Crippen LogP contribution in [-0.2, 0) is 11.3 Å².